The number of nitrogens with zero attached hydrogens (tertiary/aromatic N) is 3. The molecular weight excluding hydrogens is 548 g/mol. The Hall–Kier alpha value is -3.92. The molecule has 2 N–H and O–H groups in total. The topological polar surface area (TPSA) is 88.9 Å². The van der Waals surface area contributed by atoms with Crippen LogP contribution in [-0.2, 0) is 4.74 Å². The van der Waals surface area contributed by atoms with Crippen LogP contribution in [0.15, 0.2) is 72.9 Å². The number of benzene rings is 2. The summed E-state index contributed by atoms with van der Waals surface area (Å²) in [5, 5.41) is 14.3. The van der Waals surface area contributed by atoms with Gasteiger partial charge in [0.1, 0.15) is 12.4 Å². The number of rotatable bonds is 9. The zero-order valence-electron chi connectivity index (χ0n) is 22.3. The molecular formula is C30H29ClN4O4S. The Balaban J connectivity index is 1.63. The van der Waals surface area contributed by atoms with Crippen molar-refractivity contribution in [3.8, 4) is 11.4 Å². The molecule has 40 heavy (non-hydrogen) atoms. The van der Waals surface area contributed by atoms with Crippen LogP contribution in [0.25, 0.3) is 5.69 Å². The summed E-state index contributed by atoms with van der Waals surface area (Å²) in [4.78, 5) is 18.7. The van der Waals surface area contributed by atoms with Gasteiger partial charge in [0.05, 0.1) is 40.7 Å². The number of ether oxygens (including phenoxy) is 2. The molecule has 1 saturated heterocycles. The van der Waals surface area contributed by atoms with E-state index in [9.17, 15) is 9.90 Å². The zero-order valence-corrected chi connectivity index (χ0v) is 23.9. The molecule has 8 nitrogen and oxygen atoms in total. The highest BCUT2D eigenvalue weighted by molar-refractivity contribution is 7.80. The number of aryl methyl sites for hydroxylation is 1. The van der Waals surface area contributed by atoms with Gasteiger partial charge in [-0.25, -0.2) is 4.79 Å². The number of para-hydroxylation sites is 1. The first-order valence-corrected chi connectivity index (χ1v) is 13.5. The average Bonchev–Trinajstić information content (AvgIpc) is 3.44. The number of carboxylic acids is 1. The van der Waals surface area contributed by atoms with E-state index in [4.69, 9.17) is 33.3 Å². The second kappa shape index (κ2) is 11.7. The standard InChI is InChI=1S/C30H29ClN4O4S/c1-18-16-22(19(2)34(18)25-10-5-4-8-21(25)29(36)37)28-27(24-9-6-7-13-32-24)33-30(40)35(28)20-11-12-26(23(31)17-20)39-15-14-38-3/h4-13,16-17,27-28H,14-15H2,1-3H3,(H,33,40)(H,36,37)/t27-,28-/m0/s1. The van der Waals surface area contributed by atoms with Crippen LogP contribution in [0.1, 0.15) is 45.1 Å². The molecule has 10 heteroatoms. The number of nitrogens with one attached hydrogen (secondary N) is 1. The second-order valence-corrected chi connectivity index (χ2v) is 10.2. The van der Waals surface area contributed by atoms with Crippen molar-refractivity contribution in [2.75, 3.05) is 25.2 Å². The van der Waals surface area contributed by atoms with Crippen LogP contribution >= 0.6 is 23.8 Å². The van der Waals surface area contributed by atoms with Crippen LogP contribution in [0.3, 0.4) is 0 Å². The maximum Gasteiger partial charge on any atom is 0.337 e. The first-order chi connectivity index (χ1) is 19.3. The SMILES string of the molecule is COCCOc1ccc(N2C(=S)N[C@@H](c3ccccn3)[C@@H]2c2cc(C)n(-c3ccccc3C(=O)O)c2C)cc1Cl. The van der Waals surface area contributed by atoms with Crippen LogP contribution in [0.4, 0.5) is 5.69 Å². The first-order valence-electron chi connectivity index (χ1n) is 12.7. The van der Waals surface area contributed by atoms with E-state index in [1.165, 1.54) is 0 Å². The summed E-state index contributed by atoms with van der Waals surface area (Å²) in [6, 6.07) is 19.9. The van der Waals surface area contributed by atoms with Gasteiger partial charge < -0.3 is 29.4 Å². The maximum atomic E-state index is 12.1. The molecule has 2 aromatic carbocycles. The number of thiocarbonyl (C=S) groups is 1. The summed E-state index contributed by atoms with van der Waals surface area (Å²) in [5.74, 6) is -0.425. The fourth-order valence-corrected chi connectivity index (χ4v) is 5.82. The normalized spacial score (nSPS) is 16.7. The van der Waals surface area contributed by atoms with Gasteiger partial charge in [0, 0.05) is 30.4 Å². The molecule has 0 amide bonds. The summed E-state index contributed by atoms with van der Waals surface area (Å²) in [6.07, 6.45) is 1.76. The van der Waals surface area contributed by atoms with Crippen molar-refractivity contribution in [1.29, 1.82) is 0 Å². The Morgan fingerprint density at radius 1 is 1.10 bits per heavy atom. The molecule has 3 heterocycles. The fraction of sp³-hybridized carbons (Fsp3) is 0.233. The lowest BCUT2D eigenvalue weighted by Gasteiger charge is -2.28. The average molecular weight is 577 g/mol. The van der Waals surface area contributed by atoms with Crippen LogP contribution < -0.4 is 15.0 Å². The minimum absolute atomic E-state index is 0.227. The molecule has 1 aliphatic rings. The summed E-state index contributed by atoms with van der Waals surface area (Å²) in [5.41, 5.74) is 5.24. The molecule has 0 unspecified atom stereocenters. The molecule has 0 saturated carbocycles. The largest absolute Gasteiger partial charge is 0.490 e. The third-order valence-corrected chi connectivity index (χ3v) is 7.61. The summed E-state index contributed by atoms with van der Waals surface area (Å²) >= 11 is 12.5. The van der Waals surface area contributed by atoms with Gasteiger partial charge in [-0.1, -0.05) is 29.8 Å². The Morgan fingerprint density at radius 2 is 1.88 bits per heavy atom. The molecule has 1 fully saturated rings. The molecule has 0 bridgehead atoms. The Kier molecular flexibility index (Phi) is 8.07. The fourth-order valence-electron chi connectivity index (χ4n) is 5.25. The van der Waals surface area contributed by atoms with E-state index >= 15 is 0 Å². The number of aromatic carboxylic acids is 1. The summed E-state index contributed by atoms with van der Waals surface area (Å²) in [7, 11) is 1.62. The summed E-state index contributed by atoms with van der Waals surface area (Å²) in [6.45, 7) is 4.80. The highest BCUT2D eigenvalue weighted by Gasteiger charge is 2.42. The van der Waals surface area contributed by atoms with Crippen LogP contribution in [-0.4, -0.2) is 46.1 Å². The molecule has 0 radical (unpaired) electrons. The van der Waals surface area contributed by atoms with E-state index in [1.54, 1.807) is 25.4 Å². The van der Waals surface area contributed by atoms with Crippen molar-refractivity contribution >= 4 is 40.6 Å². The van der Waals surface area contributed by atoms with Gasteiger partial charge in [0.2, 0.25) is 0 Å². The van der Waals surface area contributed by atoms with Crippen molar-refractivity contribution < 1.29 is 19.4 Å². The van der Waals surface area contributed by atoms with Crippen LogP contribution in [0, 0.1) is 13.8 Å². The minimum atomic E-state index is -0.983. The lowest BCUT2D eigenvalue weighted by molar-refractivity contribution is 0.0697. The van der Waals surface area contributed by atoms with E-state index in [-0.39, 0.29) is 17.6 Å². The number of halogens is 1. The Bertz CT molecular complexity index is 1560. The minimum Gasteiger partial charge on any atom is -0.490 e. The predicted molar refractivity (Wildman–Crippen MR) is 159 cm³/mol. The van der Waals surface area contributed by atoms with E-state index < -0.39 is 5.97 Å². The van der Waals surface area contributed by atoms with Crippen molar-refractivity contribution in [3.63, 3.8) is 0 Å². The highest BCUT2D eigenvalue weighted by atomic mass is 35.5. The van der Waals surface area contributed by atoms with E-state index in [2.05, 4.69) is 16.4 Å². The van der Waals surface area contributed by atoms with Gasteiger partial charge in [-0.05, 0) is 80.2 Å². The lowest BCUT2D eigenvalue weighted by atomic mass is 9.96. The number of carbonyl (C=O) groups is 1. The Labute approximate surface area is 243 Å². The molecule has 1 aliphatic heterocycles. The van der Waals surface area contributed by atoms with Gasteiger partial charge in [0.25, 0.3) is 0 Å². The molecule has 2 atom stereocenters. The van der Waals surface area contributed by atoms with Crippen LogP contribution in [0.5, 0.6) is 5.75 Å². The third kappa shape index (κ3) is 5.15. The van der Waals surface area contributed by atoms with Gasteiger partial charge in [-0.3, -0.25) is 4.98 Å². The van der Waals surface area contributed by atoms with Crippen molar-refractivity contribution in [2.24, 2.45) is 0 Å². The van der Waals surface area contributed by atoms with Gasteiger partial charge >= 0.3 is 5.97 Å². The number of aromatic nitrogens is 2. The molecule has 0 aliphatic carbocycles. The molecule has 5 rings (SSSR count). The van der Waals surface area contributed by atoms with Crippen molar-refractivity contribution in [1.82, 2.24) is 14.9 Å². The zero-order chi connectivity index (χ0) is 28.4. The number of hydrogen-bond acceptors (Lipinski definition) is 5. The van der Waals surface area contributed by atoms with Crippen LogP contribution in [0.2, 0.25) is 5.02 Å². The predicted octanol–water partition coefficient (Wildman–Crippen LogP) is 6.04. The monoisotopic (exact) mass is 576 g/mol. The van der Waals surface area contributed by atoms with E-state index in [1.807, 2.05) is 71.8 Å². The quantitative estimate of drug-likeness (QED) is 0.184. The number of hydrogen-bond donors (Lipinski definition) is 2. The number of methoxy groups -OCH3 is 1. The third-order valence-electron chi connectivity index (χ3n) is 7.00. The number of carboxylic acid groups (broad SMARTS) is 1. The van der Waals surface area contributed by atoms with Gasteiger partial charge in [-0.2, -0.15) is 0 Å². The molecule has 206 valence electrons. The second-order valence-electron chi connectivity index (χ2n) is 9.44. The lowest BCUT2D eigenvalue weighted by Crippen LogP contribution is -2.29. The smallest absolute Gasteiger partial charge is 0.337 e. The molecule has 2 aromatic heterocycles. The maximum absolute atomic E-state index is 12.1. The first kappa shape index (κ1) is 27.6. The Morgan fingerprint density at radius 3 is 2.58 bits per heavy atom. The highest BCUT2D eigenvalue weighted by Crippen LogP contribution is 2.45. The number of pyridine rings is 1. The number of anilines is 1. The van der Waals surface area contributed by atoms with Gasteiger partial charge in [0.15, 0.2) is 5.11 Å². The van der Waals surface area contributed by atoms with Gasteiger partial charge in [-0.15, -0.1) is 0 Å². The van der Waals surface area contributed by atoms with E-state index in [0.29, 0.717) is 34.8 Å². The van der Waals surface area contributed by atoms with Crippen molar-refractivity contribution in [2.45, 2.75) is 25.9 Å². The molecule has 4 aromatic rings. The van der Waals surface area contributed by atoms with Crippen molar-refractivity contribution in [3.05, 3.63) is 106 Å². The summed E-state index contributed by atoms with van der Waals surface area (Å²) < 4.78 is 12.8. The molecule has 0 spiro atoms. The van der Waals surface area contributed by atoms with E-state index in [0.717, 1.165) is 28.3 Å².